The van der Waals surface area contributed by atoms with Crippen LogP contribution < -0.4 is 38.1 Å². The number of hydrogen-bond donors (Lipinski definition) is 10. The molecule has 0 aromatic heterocycles. The molecule has 336 valence electrons. The van der Waals surface area contributed by atoms with Gasteiger partial charge in [-0.3, -0.25) is 18.2 Å². The van der Waals surface area contributed by atoms with E-state index in [4.69, 9.17) is 56.4 Å². The predicted octanol–water partition coefficient (Wildman–Crippen LogP) is -0.474. The van der Waals surface area contributed by atoms with Gasteiger partial charge in [-0.1, -0.05) is 0 Å². The second-order valence-electron chi connectivity index (χ2n) is 11.3. The lowest BCUT2D eigenvalue weighted by Gasteiger charge is -2.14. The summed E-state index contributed by atoms with van der Waals surface area (Å²) in [4.78, 5) is -1.84. The quantitative estimate of drug-likeness (QED) is 0.0433. The number of fused-ring (bicyclic) bond motifs is 1. The average molecular weight is 972 g/mol. The Balaban J connectivity index is 0.000000313. The maximum absolute atomic E-state index is 12.1. The standard InChI is InChI=1S/C10H11N3O7S2.C10H15NO8S2.C8H11NO6S2/c11-7-4(21(15,16)17)1-3-2-5(22(18,19)20)8(12)10(14)6(3)9(7)13;1-17-8-6-10(9(18-2)5-7(8)11)20(12,13)4-3-19-21(14,15)16;9-7-1-3-8(4-2-7)16(10,11)6-5-15-17(12,13)14/h1-2,14H,11-13H2,(H,15,16,17)(H,18,19,20);5-6H,3-4,11H2,1-2H3,(H,14,15,16);1-4H,5-6,9H2,(H,12,13,14). The van der Waals surface area contributed by atoms with Crippen molar-refractivity contribution in [1.29, 1.82) is 0 Å². The lowest BCUT2D eigenvalue weighted by Crippen LogP contribution is -2.16. The van der Waals surface area contributed by atoms with E-state index in [2.05, 4.69) is 8.37 Å². The zero-order chi connectivity index (χ0) is 46.4. The van der Waals surface area contributed by atoms with E-state index in [1.807, 2.05) is 0 Å². The number of nitrogens with two attached hydrogens (primary N) is 5. The molecule has 0 amide bonds. The van der Waals surface area contributed by atoms with Crippen LogP contribution in [0.5, 0.6) is 17.2 Å². The normalized spacial score (nSPS) is 12.4. The Hall–Kier alpha value is -5.00. The molecule has 0 bridgehead atoms. The number of rotatable bonds is 14. The van der Waals surface area contributed by atoms with Crippen molar-refractivity contribution in [1.82, 2.24) is 0 Å². The van der Waals surface area contributed by atoms with Gasteiger partial charge in [-0.25, -0.2) is 25.2 Å². The molecular weight excluding hydrogens is 935 g/mol. The molecule has 0 saturated carbocycles. The van der Waals surface area contributed by atoms with Crippen LogP contribution in [0.3, 0.4) is 0 Å². The van der Waals surface area contributed by atoms with Crippen molar-refractivity contribution in [3.05, 3.63) is 48.5 Å². The molecule has 15 N–H and O–H groups in total. The maximum atomic E-state index is 12.1. The highest BCUT2D eigenvalue weighted by atomic mass is 32.3. The summed E-state index contributed by atoms with van der Waals surface area (Å²) in [5.41, 5.74) is 26.5. The number of methoxy groups -OCH3 is 2. The summed E-state index contributed by atoms with van der Waals surface area (Å²) in [6, 6.07) is 9.46. The molecule has 4 aromatic carbocycles. The predicted molar refractivity (Wildman–Crippen MR) is 212 cm³/mol. The van der Waals surface area contributed by atoms with E-state index in [-0.39, 0.29) is 37.7 Å². The van der Waals surface area contributed by atoms with Crippen molar-refractivity contribution in [2.75, 3.05) is 67.6 Å². The maximum Gasteiger partial charge on any atom is 0.397 e. The number of ether oxygens (including phenoxy) is 2. The lowest BCUT2D eigenvalue weighted by atomic mass is 10.1. The van der Waals surface area contributed by atoms with Gasteiger partial charge < -0.3 is 43.2 Å². The number of phenols is 1. The van der Waals surface area contributed by atoms with Crippen LogP contribution in [-0.4, -0.2) is 113 Å². The molecule has 0 heterocycles. The SMILES string of the molecule is COc1cc(S(=O)(=O)CCOS(=O)(=O)O)c(OC)cc1N.Nc1c(S(=O)(=O)O)cc2cc(S(=O)(=O)O)c(N)c(O)c2c1N.Nc1ccc(S(=O)(=O)CCOS(=O)(=O)O)cc1. The molecule has 0 unspecified atom stereocenters. The molecule has 0 aliphatic heterocycles. The molecule has 32 heteroatoms. The van der Waals surface area contributed by atoms with E-state index >= 15 is 0 Å². The Morgan fingerprint density at radius 1 is 0.533 bits per heavy atom. The number of hydrogen-bond acceptors (Lipinski definition) is 22. The average Bonchev–Trinajstić information content (AvgIpc) is 3.09. The molecule has 4 aromatic rings. The number of nitrogen functional groups attached to an aromatic ring is 5. The van der Waals surface area contributed by atoms with Gasteiger partial charge in [-0.2, -0.15) is 33.7 Å². The number of sulfone groups is 2. The van der Waals surface area contributed by atoms with Gasteiger partial charge in [0.25, 0.3) is 20.2 Å². The minimum atomic E-state index is -4.79. The largest absolute Gasteiger partial charge is 0.505 e. The fraction of sp³-hybridized carbons (Fsp3) is 0.214. The summed E-state index contributed by atoms with van der Waals surface area (Å²) in [6.07, 6.45) is 0. The topological polar surface area (TPSA) is 473 Å². The van der Waals surface area contributed by atoms with Crippen molar-refractivity contribution >= 4 is 99.9 Å². The van der Waals surface area contributed by atoms with Gasteiger partial charge in [0.2, 0.25) is 0 Å². The smallest absolute Gasteiger partial charge is 0.397 e. The highest BCUT2D eigenvalue weighted by Crippen LogP contribution is 2.43. The van der Waals surface area contributed by atoms with E-state index in [0.717, 1.165) is 18.2 Å². The third-order valence-electron chi connectivity index (χ3n) is 7.26. The van der Waals surface area contributed by atoms with Crippen LogP contribution in [0.1, 0.15) is 0 Å². The van der Waals surface area contributed by atoms with Crippen LogP contribution in [0.2, 0.25) is 0 Å². The zero-order valence-corrected chi connectivity index (χ0v) is 35.5. The van der Waals surface area contributed by atoms with Crippen LogP contribution in [0.25, 0.3) is 10.8 Å². The monoisotopic (exact) mass is 971 g/mol. The minimum Gasteiger partial charge on any atom is -0.505 e. The first kappa shape index (κ1) is 51.1. The number of benzene rings is 4. The molecule has 0 fully saturated rings. The second kappa shape index (κ2) is 19.1. The molecular formula is C28H37N5O21S6. The van der Waals surface area contributed by atoms with E-state index in [9.17, 15) is 55.6 Å². The number of phenolic OH excluding ortho intramolecular Hbond substituents is 1. The van der Waals surface area contributed by atoms with Crippen molar-refractivity contribution in [2.45, 2.75) is 19.6 Å². The van der Waals surface area contributed by atoms with Crippen molar-refractivity contribution in [3.63, 3.8) is 0 Å². The molecule has 0 aliphatic carbocycles. The van der Waals surface area contributed by atoms with Gasteiger partial charge in [0.05, 0.1) is 72.0 Å². The van der Waals surface area contributed by atoms with Crippen LogP contribution >= 0.6 is 0 Å². The van der Waals surface area contributed by atoms with Crippen LogP contribution in [0, 0.1) is 0 Å². The van der Waals surface area contributed by atoms with Crippen LogP contribution in [0.15, 0.2) is 68.1 Å². The molecule has 0 radical (unpaired) electrons. The highest BCUT2D eigenvalue weighted by molar-refractivity contribution is 7.92. The van der Waals surface area contributed by atoms with Gasteiger partial charge in [0, 0.05) is 17.8 Å². The third-order valence-corrected chi connectivity index (χ3v) is 13.4. The molecule has 4 rings (SSSR count). The van der Waals surface area contributed by atoms with E-state index < -0.39 is 118 Å². The summed E-state index contributed by atoms with van der Waals surface area (Å²) in [6.45, 7) is -1.39. The molecule has 60 heavy (non-hydrogen) atoms. The summed E-state index contributed by atoms with van der Waals surface area (Å²) < 4.78 is 186. The van der Waals surface area contributed by atoms with Crippen LogP contribution in [-0.2, 0) is 69.1 Å². The lowest BCUT2D eigenvalue weighted by molar-refractivity contribution is 0.282. The number of anilines is 5. The molecule has 0 atom stereocenters. The number of aromatic hydroxyl groups is 1. The Kier molecular flexibility index (Phi) is 16.3. The molecule has 0 saturated heterocycles. The van der Waals surface area contributed by atoms with Gasteiger partial charge in [-0.05, 0) is 41.8 Å². The van der Waals surface area contributed by atoms with E-state index in [0.29, 0.717) is 5.69 Å². The first-order valence-electron chi connectivity index (χ1n) is 15.3. The van der Waals surface area contributed by atoms with Gasteiger partial charge >= 0.3 is 20.8 Å². The summed E-state index contributed by atoms with van der Waals surface area (Å²) in [5.74, 6) is -1.92. The fourth-order valence-corrected chi connectivity index (χ4v) is 8.99. The minimum absolute atomic E-state index is 0.00522. The Morgan fingerprint density at radius 3 is 1.38 bits per heavy atom. The third kappa shape index (κ3) is 14.0. The van der Waals surface area contributed by atoms with E-state index in [1.165, 1.54) is 44.6 Å². The van der Waals surface area contributed by atoms with E-state index in [1.54, 1.807) is 0 Å². The van der Waals surface area contributed by atoms with Crippen molar-refractivity contribution < 1.29 is 91.7 Å². The summed E-state index contributed by atoms with van der Waals surface area (Å²) in [5, 5.41) is 9.53. The van der Waals surface area contributed by atoms with Gasteiger partial charge in [0.1, 0.15) is 31.9 Å². The van der Waals surface area contributed by atoms with Gasteiger partial charge in [0.15, 0.2) is 19.7 Å². The van der Waals surface area contributed by atoms with Crippen molar-refractivity contribution in [2.24, 2.45) is 0 Å². The Bertz CT molecular complexity index is 2850. The second-order valence-corrected chi connectivity index (χ2v) is 20.5. The molecule has 26 nitrogen and oxygen atoms in total. The summed E-state index contributed by atoms with van der Waals surface area (Å²) >= 11 is 0. The van der Waals surface area contributed by atoms with Gasteiger partial charge in [-0.15, -0.1) is 0 Å². The fourth-order valence-electron chi connectivity index (χ4n) is 4.53. The zero-order valence-electron chi connectivity index (χ0n) is 30.6. The molecule has 0 aliphatic rings. The first-order valence-corrected chi connectivity index (χ1v) is 24.2. The summed E-state index contributed by atoms with van der Waals surface area (Å²) in [7, 11) is -23.9. The molecule has 0 spiro atoms. The van der Waals surface area contributed by atoms with Crippen LogP contribution in [0.4, 0.5) is 28.4 Å². The van der Waals surface area contributed by atoms with Crippen molar-refractivity contribution in [3.8, 4) is 17.2 Å². The highest BCUT2D eigenvalue weighted by Gasteiger charge is 2.26. The Labute approximate surface area is 343 Å². The first-order chi connectivity index (χ1) is 27.2. The Morgan fingerprint density at radius 2 is 0.967 bits per heavy atom.